The highest BCUT2D eigenvalue weighted by atomic mass is 35.5. The van der Waals surface area contributed by atoms with Crippen LogP contribution in [0.15, 0.2) is 36.5 Å². The van der Waals surface area contributed by atoms with Gasteiger partial charge in [-0.1, -0.05) is 29.3 Å². The van der Waals surface area contributed by atoms with Crippen LogP contribution in [0.25, 0.3) is 0 Å². The molecule has 0 aliphatic heterocycles. The third kappa shape index (κ3) is 4.17. The van der Waals surface area contributed by atoms with Crippen molar-refractivity contribution in [1.29, 1.82) is 0 Å². The van der Waals surface area contributed by atoms with E-state index in [0.717, 1.165) is 24.2 Å². The maximum Gasteiger partial charge on any atom is 0.141 e. The molecule has 0 radical (unpaired) electrons. The summed E-state index contributed by atoms with van der Waals surface area (Å²) in [5.41, 5.74) is 1.86. The Morgan fingerprint density at radius 3 is 2.70 bits per heavy atom. The van der Waals surface area contributed by atoms with Gasteiger partial charge in [0.15, 0.2) is 0 Å². The summed E-state index contributed by atoms with van der Waals surface area (Å²) in [7, 11) is 0. The van der Waals surface area contributed by atoms with Crippen LogP contribution >= 0.6 is 23.2 Å². The summed E-state index contributed by atoms with van der Waals surface area (Å²) < 4.78 is 12.8. The van der Waals surface area contributed by atoms with Crippen LogP contribution in [0.4, 0.5) is 4.39 Å². The van der Waals surface area contributed by atoms with E-state index in [1.54, 1.807) is 12.1 Å². The van der Waals surface area contributed by atoms with Gasteiger partial charge in [-0.25, -0.2) is 4.39 Å². The smallest absolute Gasteiger partial charge is 0.141 e. The molecule has 0 saturated heterocycles. The minimum Gasteiger partial charge on any atom is -0.309 e. The summed E-state index contributed by atoms with van der Waals surface area (Å²) in [6.07, 6.45) is 2.02. The van der Waals surface area contributed by atoms with Crippen LogP contribution in [-0.2, 0) is 6.42 Å². The Hall–Kier alpha value is -1.16. The summed E-state index contributed by atoms with van der Waals surface area (Å²) in [6.45, 7) is 2.74. The van der Waals surface area contributed by atoms with E-state index < -0.39 is 0 Å². The van der Waals surface area contributed by atoms with E-state index in [1.807, 2.05) is 19.1 Å². The number of nitrogens with one attached hydrogen (secondary N) is 1. The van der Waals surface area contributed by atoms with Crippen LogP contribution in [0, 0.1) is 5.82 Å². The SMILES string of the molecule is CC(NCCc1ccc(Cl)cc1Cl)c1ccc(F)cn1. The van der Waals surface area contributed by atoms with Crippen molar-refractivity contribution < 1.29 is 4.39 Å². The Balaban J connectivity index is 1.87. The van der Waals surface area contributed by atoms with Crippen LogP contribution in [0.1, 0.15) is 24.2 Å². The van der Waals surface area contributed by atoms with Gasteiger partial charge < -0.3 is 5.32 Å². The Morgan fingerprint density at radius 1 is 1.25 bits per heavy atom. The molecule has 0 saturated carbocycles. The molecule has 2 nitrogen and oxygen atoms in total. The lowest BCUT2D eigenvalue weighted by molar-refractivity contribution is 0.557. The van der Waals surface area contributed by atoms with Crippen LogP contribution < -0.4 is 5.32 Å². The molecule has 2 rings (SSSR count). The minimum absolute atomic E-state index is 0.0571. The number of aromatic nitrogens is 1. The molecule has 5 heteroatoms. The number of benzene rings is 1. The second kappa shape index (κ2) is 7.02. The largest absolute Gasteiger partial charge is 0.309 e. The van der Waals surface area contributed by atoms with Crippen LogP contribution in [0.3, 0.4) is 0 Å². The first-order chi connectivity index (χ1) is 9.56. The number of nitrogens with zero attached hydrogens (tertiary/aromatic N) is 1. The van der Waals surface area contributed by atoms with Gasteiger partial charge in [0.2, 0.25) is 0 Å². The van der Waals surface area contributed by atoms with Gasteiger partial charge in [0.1, 0.15) is 5.82 Å². The third-order valence-corrected chi connectivity index (χ3v) is 3.64. The molecule has 1 atom stereocenters. The summed E-state index contributed by atoms with van der Waals surface area (Å²) in [6, 6.07) is 8.64. The number of hydrogen-bond donors (Lipinski definition) is 1. The van der Waals surface area contributed by atoms with Gasteiger partial charge in [-0.2, -0.15) is 0 Å². The van der Waals surface area contributed by atoms with Gasteiger partial charge in [0.25, 0.3) is 0 Å². The quantitative estimate of drug-likeness (QED) is 0.884. The van der Waals surface area contributed by atoms with Gasteiger partial charge in [-0.15, -0.1) is 0 Å². The van der Waals surface area contributed by atoms with Gasteiger partial charge in [-0.3, -0.25) is 4.98 Å². The van der Waals surface area contributed by atoms with E-state index in [4.69, 9.17) is 23.2 Å². The fourth-order valence-corrected chi connectivity index (χ4v) is 2.40. The Kier molecular flexibility index (Phi) is 5.35. The molecule has 1 N–H and O–H groups in total. The Morgan fingerprint density at radius 2 is 2.05 bits per heavy atom. The molecule has 106 valence electrons. The Bertz CT molecular complexity index is 573. The molecule has 0 amide bonds. The monoisotopic (exact) mass is 312 g/mol. The lowest BCUT2D eigenvalue weighted by Crippen LogP contribution is -2.22. The average molecular weight is 313 g/mol. The molecule has 1 heterocycles. The lowest BCUT2D eigenvalue weighted by atomic mass is 10.1. The van der Waals surface area contributed by atoms with Crippen LogP contribution in [-0.4, -0.2) is 11.5 Å². The van der Waals surface area contributed by atoms with Crippen molar-refractivity contribution in [3.8, 4) is 0 Å². The molecule has 0 spiro atoms. The molecule has 0 fully saturated rings. The van der Waals surface area contributed by atoms with E-state index >= 15 is 0 Å². The van der Waals surface area contributed by atoms with Crippen molar-refractivity contribution in [2.75, 3.05) is 6.54 Å². The first-order valence-electron chi connectivity index (χ1n) is 6.35. The average Bonchev–Trinajstić information content (AvgIpc) is 2.42. The summed E-state index contributed by atoms with van der Waals surface area (Å²) in [5, 5.41) is 4.64. The minimum atomic E-state index is -0.325. The molecule has 2 aromatic rings. The van der Waals surface area contributed by atoms with E-state index in [1.165, 1.54) is 12.3 Å². The van der Waals surface area contributed by atoms with Crippen molar-refractivity contribution in [2.45, 2.75) is 19.4 Å². The van der Waals surface area contributed by atoms with E-state index in [-0.39, 0.29) is 11.9 Å². The topological polar surface area (TPSA) is 24.9 Å². The van der Waals surface area contributed by atoms with E-state index in [0.29, 0.717) is 10.0 Å². The zero-order valence-corrected chi connectivity index (χ0v) is 12.5. The number of halogens is 3. The fraction of sp³-hybridized carbons (Fsp3) is 0.267. The van der Waals surface area contributed by atoms with Gasteiger partial charge in [-0.05, 0) is 49.7 Å². The Labute approximate surface area is 127 Å². The first-order valence-corrected chi connectivity index (χ1v) is 7.10. The molecule has 1 unspecified atom stereocenters. The number of hydrogen-bond acceptors (Lipinski definition) is 2. The molecular weight excluding hydrogens is 298 g/mol. The molecule has 1 aromatic heterocycles. The summed E-state index contributed by atoms with van der Waals surface area (Å²) in [5.74, 6) is -0.325. The highest BCUT2D eigenvalue weighted by Crippen LogP contribution is 2.21. The maximum atomic E-state index is 12.8. The summed E-state index contributed by atoms with van der Waals surface area (Å²) >= 11 is 12.0. The highest BCUT2D eigenvalue weighted by molar-refractivity contribution is 6.35. The lowest BCUT2D eigenvalue weighted by Gasteiger charge is -2.13. The molecule has 1 aromatic carbocycles. The fourth-order valence-electron chi connectivity index (χ4n) is 1.90. The van der Waals surface area contributed by atoms with Crippen LogP contribution in [0.5, 0.6) is 0 Å². The molecule has 0 aliphatic carbocycles. The zero-order chi connectivity index (χ0) is 14.5. The standard InChI is InChI=1S/C15H15Cl2FN2/c1-10(15-5-4-13(18)9-20-15)19-7-6-11-2-3-12(16)8-14(11)17/h2-5,8-10,19H,6-7H2,1H3. The molecular formula is C15H15Cl2FN2. The van der Waals surface area contributed by atoms with E-state index in [2.05, 4.69) is 10.3 Å². The van der Waals surface area contributed by atoms with E-state index in [9.17, 15) is 4.39 Å². The normalized spacial score (nSPS) is 12.4. The van der Waals surface area contributed by atoms with Crippen molar-refractivity contribution in [3.63, 3.8) is 0 Å². The van der Waals surface area contributed by atoms with Crippen molar-refractivity contribution in [1.82, 2.24) is 10.3 Å². The first kappa shape index (κ1) is 15.2. The van der Waals surface area contributed by atoms with Gasteiger partial charge >= 0.3 is 0 Å². The van der Waals surface area contributed by atoms with Crippen LogP contribution in [0.2, 0.25) is 10.0 Å². The zero-order valence-electron chi connectivity index (χ0n) is 11.0. The second-order valence-electron chi connectivity index (χ2n) is 4.56. The summed E-state index contributed by atoms with van der Waals surface area (Å²) in [4.78, 5) is 4.05. The van der Waals surface area contributed by atoms with Crippen molar-refractivity contribution in [2.24, 2.45) is 0 Å². The molecule has 0 bridgehead atoms. The predicted molar refractivity (Wildman–Crippen MR) is 80.8 cm³/mol. The second-order valence-corrected chi connectivity index (χ2v) is 5.41. The van der Waals surface area contributed by atoms with Gasteiger partial charge in [0, 0.05) is 16.1 Å². The molecule has 20 heavy (non-hydrogen) atoms. The van der Waals surface area contributed by atoms with Gasteiger partial charge in [0.05, 0.1) is 11.9 Å². The molecule has 0 aliphatic rings. The predicted octanol–water partition coefficient (Wildman–Crippen LogP) is 4.42. The maximum absolute atomic E-state index is 12.8. The number of rotatable bonds is 5. The highest BCUT2D eigenvalue weighted by Gasteiger charge is 2.07. The third-order valence-electron chi connectivity index (χ3n) is 3.05. The van der Waals surface area contributed by atoms with Crippen molar-refractivity contribution in [3.05, 3.63) is 63.6 Å². The number of pyridine rings is 1. The van der Waals surface area contributed by atoms with Crippen molar-refractivity contribution >= 4 is 23.2 Å².